The number of aliphatic hydroxyl groups is 1. The van der Waals surface area contributed by atoms with Crippen LogP contribution in [-0.2, 0) is 0 Å². The summed E-state index contributed by atoms with van der Waals surface area (Å²) in [5, 5.41) is 14.5. The number of rotatable bonds is 9. The van der Waals surface area contributed by atoms with Gasteiger partial charge in [0.05, 0.1) is 6.42 Å². The van der Waals surface area contributed by atoms with Crippen molar-refractivity contribution in [2.75, 3.05) is 26.2 Å². The van der Waals surface area contributed by atoms with Crippen LogP contribution in [0.3, 0.4) is 0 Å². The molecule has 0 spiro atoms. The van der Waals surface area contributed by atoms with E-state index in [1.54, 1.807) is 0 Å². The molecule has 0 bridgehead atoms. The Balaban J connectivity index is 4.29. The summed E-state index contributed by atoms with van der Waals surface area (Å²) in [4.78, 5) is 4.29. The summed E-state index contributed by atoms with van der Waals surface area (Å²) >= 11 is 0. The molecule has 0 aliphatic carbocycles. The zero-order chi connectivity index (χ0) is 15.4. The molecular formula is C13H26F3N3O. The minimum absolute atomic E-state index is 0.109. The first kappa shape index (κ1) is 19.0. The van der Waals surface area contributed by atoms with Crippen LogP contribution in [0.15, 0.2) is 4.99 Å². The maximum absolute atomic E-state index is 12.1. The maximum atomic E-state index is 12.1. The normalized spacial score (nSPS) is 14.2. The van der Waals surface area contributed by atoms with Gasteiger partial charge in [-0.05, 0) is 25.7 Å². The van der Waals surface area contributed by atoms with E-state index >= 15 is 0 Å². The van der Waals surface area contributed by atoms with E-state index in [0.717, 1.165) is 12.8 Å². The zero-order valence-corrected chi connectivity index (χ0v) is 12.3. The predicted octanol–water partition coefficient (Wildman–Crippen LogP) is 2.29. The number of halogens is 3. The summed E-state index contributed by atoms with van der Waals surface area (Å²) in [5.74, 6) is 0.666. The molecule has 0 aromatic rings. The molecule has 0 aromatic heterocycles. The van der Waals surface area contributed by atoms with Gasteiger partial charge in [0.25, 0.3) is 0 Å². The zero-order valence-electron chi connectivity index (χ0n) is 12.3. The van der Waals surface area contributed by atoms with E-state index in [0.29, 0.717) is 25.5 Å². The highest BCUT2D eigenvalue weighted by atomic mass is 19.4. The number of aliphatic imine (C=N–C) groups is 1. The quantitative estimate of drug-likeness (QED) is 0.452. The number of nitrogens with one attached hydrogen (secondary N) is 2. The molecule has 0 amide bonds. The van der Waals surface area contributed by atoms with Crippen molar-refractivity contribution in [3.05, 3.63) is 0 Å². The Bertz CT molecular complexity index is 264. The Morgan fingerprint density at radius 1 is 1.20 bits per heavy atom. The van der Waals surface area contributed by atoms with Gasteiger partial charge in [0, 0.05) is 26.2 Å². The van der Waals surface area contributed by atoms with E-state index in [1.165, 1.54) is 0 Å². The molecule has 0 fully saturated rings. The summed E-state index contributed by atoms with van der Waals surface area (Å²) in [6.07, 6.45) is -2.43. The second-order valence-electron chi connectivity index (χ2n) is 4.68. The first-order valence-electron chi connectivity index (χ1n) is 7.12. The van der Waals surface area contributed by atoms with Crippen molar-refractivity contribution in [2.45, 2.75) is 45.7 Å². The molecule has 0 heterocycles. The van der Waals surface area contributed by atoms with Gasteiger partial charge < -0.3 is 15.7 Å². The van der Waals surface area contributed by atoms with Crippen molar-refractivity contribution in [2.24, 2.45) is 10.9 Å². The Labute approximate surface area is 118 Å². The third-order valence-corrected chi connectivity index (χ3v) is 2.79. The number of alkyl halides is 3. The summed E-state index contributed by atoms with van der Waals surface area (Å²) in [6, 6.07) is 0. The highest BCUT2D eigenvalue weighted by molar-refractivity contribution is 5.79. The Morgan fingerprint density at radius 2 is 1.90 bits per heavy atom. The van der Waals surface area contributed by atoms with Crippen molar-refractivity contribution in [3.8, 4) is 0 Å². The number of aliphatic hydroxyl groups excluding tert-OH is 1. The topological polar surface area (TPSA) is 56.7 Å². The maximum Gasteiger partial charge on any atom is 0.390 e. The molecule has 0 radical (unpaired) electrons. The molecule has 0 aliphatic heterocycles. The lowest BCUT2D eigenvalue weighted by Gasteiger charge is -2.15. The van der Waals surface area contributed by atoms with Crippen LogP contribution >= 0.6 is 0 Å². The molecule has 0 rings (SSSR count). The van der Waals surface area contributed by atoms with Crippen LogP contribution in [0.2, 0.25) is 0 Å². The van der Waals surface area contributed by atoms with Gasteiger partial charge in [0.2, 0.25) is 0 Å². The van der Waals surface area contributed by atoms with Gasteiger partial charge in [-0.1, -0.05) is 13.3 Å². The van der Waals surface area contributed by atoms with E-state index in [4.69, 9.17) is 5.11 Å². The lowest BCUT2D eigenvalue weighted by molar-refractivity contribution is -0.132. The van der Waals surface area contributed by atoms with Crippen LogP contribution in [0.1, 0.15) is 39.5 Å². The summed E-state index contributed by atoms with van der Waals surface area (Å²) in [5.41, 5.74) is 0. The Hall–Kier alpha value is -0.980. The Kier molecular flexibility index (Phi) is 10.2. The van der Waals surface area contributed by atoms with Gasteiger partial charge in [-0.3, -0.25) is 4.99 Å². The molecule has 4 nitrogen and oxygen atoms in total. The van der Waals surface area contributed by atoms with E-state index in [2.05, 4.69) is 22.5 Å². The average molecular weight is 297 g/mol. The third-order valence-electron chi connectivity index (χ3n) is 2.79. The van der Waals surface area contributed by atoms with Crippen molar-refractivity contribution in [3.63, 3.8) is 0 Å². The summed E-state index contributed by atoms with van der Waals surface area (Å²) < 4.78 is 36.2. The first-order valence-corrected chi connectivity index (χ1v) is 7.12. The molecule has 120 valence electrons. The van der Waals surface area contributed by atoms with Crippen LogP contribution in [0, 0.1) is 5.92 Å². The van der Waals surface area contributed by atoms with E-state index in [9.17, 15) is 13.2 Å². The summed E-state index contributed by atoms with van der Waals surface area (Å²) in [6.45, 7) is 4.94. The van der Waals surface area contributed by atoms with Crippen molar-refractivity contribution >= 4 is 5.96 Å². The SMILES string of the molecule is CCCC(CCO)CN=C(NCC)NCCC(F)(F)F. The van der Waals surface area contributed by atoms with Crippen LogP contribution in [0.25, 0.3) is 0 Å². The molecule has 20 heavy (non-hydrogen) atoms. The molecule has 0 saturated heterocycles. The minimum Gasteiger partial charge on any atom is -0.396 e. The smallest absolute Gasteiger partial charge is 0.390 e. The lowest BCUT2D eigenvalue weighted by atomic mass is 10.0. The van der Waals surface area contributed by atoms with Gasteiger partial charge in [-0.2, -0.15) is 13.2 Å². The first-order chi connectivity index (χ1) is 9.42. The van der Waals surface area contributed by atoms with Crippen molar-refractivity contribution in [1.29, 1.82) is 0 Å². The number of hydrogen-bond acceptors (Lipinski definition) is 2. The van der Waals surface area contributed by atoms with Gasteiger partial charge in [0.1, 0.15) is 0 Å². The van der Waals surface area contributed by atoms with Crippen molar-refractivity contribution in [1.82, 2.24) is 10.6 Å². The highest BCUT2D eigenvalue weighted by Crippen LogP contribution is 2.18. The van der Waals surface area contributed by atoms with Gasteiger partial charge in [-0.15, -0.1) is 0 Å². The fourth-order valence-corrected chi connectivity index (χ4v) is 1.80. The monoisotopic (exact) mass is 297 g/mol. The second-order valence-corrected chi connectivity index (χ2v) is 4.68. The van der Waals surface area contributed by atoms with E-state index in [1.807, 2.05) is 6.92 Å². The molecule has 1 unspecified atom stereocenters. The molecule has 0 aliphatic rings. The summed E-state index contributed by atoms with van der Waals surface area (Å²) in [7, 11) is 0. The molecule has 0 aromatic carbocycles. The average Bonchev–Trinajstić information content (AvgIpc) is 2.34. The molecule has 7 heteroatoms. The lowest BCUT2D eigenvalue weighted by Crippen LogP contribution is -2.39. The molecule has 1 atom stereocenters. The van der Waals surface area contributed by atoms with E-state index in [-0.39, 0.29) is 19.1 Å². The molecule has 3 N–H and O–H groups in total. The fourth-order valence-electron chi connectivity index (χ4n) is 1.80. The van der Waals surface area contributed by atoms with Crippen LogP contribution in [0.5, 0.6) is 0 Å². The number of nitrogens with zero attached hydrogens (tertiary/aromatic N) is 1. The minimum atomic E-state index is -4.16. The predicted molar refractivity (Wildman–Crippen MR) is 74.8 cm³/mol. The van der Waals surface area contributed by atoms with Gasteiger partial charge in [0.15, 0.2) is 5.96 Å². The largest absolute Gasteiger partial charge is 0.396 e. The Morgan fingerprint density at radius 3 is 2.40 bits per heavy atom. The third kappa shape index (κ3) is 10.9. The molecular weight excluding hydrogens is 271 g/mol. The standard InChI is InChI=1S/C13H26F3N3O/c1-3-5-11(6-9-20)10-19-12(17-4-2)18-8-7-13(14,15)16/h11,20H,3-10H2,1-2H3,(H2,17,18,19). The van der Waals surface area contributed by atoms with Gasteiger partial charge >= 0.3 is 6.18 Å². The number of guanidine groups is 1. The molecule has 0 saturated carbocycles. The van der Waals surface area contributed by atoms with E-state index < -0.39 is 12.6 Å². The van der Waals surface area contributed by atoms with Crippen LogP contribution in [-0.4, -0.2) is 43.5 Å². The van der Waals surface area contributed by atoms with Crippen LogP contribution in [0.4, 0.5) is 13.2 Å². The second kappa shape index (κ2) is 10.8. The fraction of sp³-hybridized carbons (Fsp3) is 0.923. The van der Waals surface area contributed by atoms with Crippen molar-refractivity contribution < 1.29 is 18.3 Å². The van der Waals surface area contributed by atoms with Gasteiger partial charge in [-0.25, -0.2) is 0 Å². The highest BCUT2D eigenvalue weighted by Gasteiger charge is 2.26. The number of hydrogen-bond donors (Lipinski definition) is 3. The van der Waals surface area contributed by atoms with Crippen LogP contribution < -0.4 is 10.6 Å².